The number of fused-ring (bicyclic) bond motifs is 1. The molecule has 2 aromatic heterocycles. The van der Waals surface area contributed by atoms with Crippen LogP contribution in [-0.2, 0) is 25.9 Å². The summed E-state index contributed by atoms with van der Waals surface area (Å²) >= 11 is 0. The van der Waals surface area contributed by atoms with Crippen molar-refractivity contribution in [2.24, 2.45) is 14.1 Å². The second kappa shape index (κ2) is 6.67. The maximum absolute atomic E-state index is 13.2. The van der Waals surface area contributed by atoms with E-state index in [1.165, 1.54) is 0 Å². The molecule has 6 nitrogen and oxygen atoms in total. The van der Waals surface area contributed by atoms with Gasteiger partial charge < -0.3 is 4.57 Å². The van der Waals surface area contributed by atoms with Crippen molar-refractivity contribution in [3.63, 3.8) is 0 Å². The van der Waals surface area contributed by atoms with Crippen LogP contribution < -0.4 is 0 Å². The predicted octanol–water partition coefficient (Wildman–Crippen LogP) is 3.68. The van der Waals surface area contributed by atoms with Gasteiger partial charge in [0.15, 0.2) is 5.78 Å². The van der Waals surface area contributed by atoms with Crippen molar-refractivity contribution in [3.05, 3.63) is 82.9 Å². The van der Waals surface area contributed by atoms with Crippen LogP contribution in [-0.4, -0.2) is 25.1 Å². The summed E-state index contributed by atoms with van der Waals surface area (Å²) in [6, 6.07) is 17.7. The molecule has 5 rings (SSSR count). The molecule has 1 aliphatic rings. The van der Waals surface area contributed by atoms with Gasteiger partial charge in [-0.15, -0.1) is 0 Å². The number of carbonyl (C=O) groups excluding carboxylic acids is 1. The van der Waals surface area contributed by atoms with Crippen molar-refractivity contribution in [2.45, 2.75) is 24.7 Å². The van der Waals surface area contributed by atoms with E-state index in [1.54, 1.807) is 24.0 Å². The summed E-state index contributed by atoms with van der Waals surface area (Å²) in [6.45, 7) is 0. The van der Waals surface area contributed by atoms with Crippen LogP contribution >= 0.6 is 0 Å². The van der Waals surface area contributed by atoms with Crippen molar-refractivity contribution < 1.29 is 4.79 Å². The third-order valence-electron chi connectivity index (χ3n) is 6.21. The Morgan fingerprint density at radius 3 is 2.53 bits per heavy atom. The Bertz CT molecular complexity index is 1320. The van der Waals surface area contributed by atoms with E-state index in [0.29, 0.717) is 17.7 Å². The molecule has 2 heterocycles. The summed E-state index contributed by atoms with van der Waals surface area (Å²) in [6.07, 6.45) is 4.06. The van der Waals surface area contributed by atoms with E-state index in [4.69, 9.17) is 10.2 Å². The first-order chi connectivity index (χ1) is 14.5. The molecular formula is C24H21N5O. The molecule has 0 bridgehead atoms. The number of carbonyl (C=O) groups is 1. The number of nitriles is 1. The summed E-state index contributed by atoms with van der Waals surface area (Å²) in [5.41, 5.74) is 4.94. The number of hydrogen-bond acceptors (Lipinski definition) is 4. The summed E-state index contributed by atoms with van der Waals surface area (Å²) in [4.78, 5) is 18.1. The molecule has 1 saturated carbocycles. The van der Waals surface area contributed by atoms with Crippen LogP contribution in [0.5, 0.6) is 0 Å². The molecule has 0 saturated heterocycles. The molecule has 6 heteroatoms. The lowest BCUT2D eigenvalue weighted by Crippen LogP contribution is -2.23. The van der Waals surface area contributed by atoms with Crippen molar-refractivity contribution in [3.8, 4) is 6.07 Å². The largest absolute Gasteiger partial charge is 0.331 e. The Kier molecular flexibility index (Phi) is 4.07. The van der Waals surface area contributed by atoms with Crippen LogP contribution in [0, 0.1) is 11.3 Å². The lowest BCUT2D eigenvalue weighted by molar-refractivity contribution is 0.0936. The zero-order valence-corrected chi connectivity index (χ0v) is 17.0. The maximum Gasteiger partial charge on any atom is 0.191 e. The Morgan fingerprint density at radius 2 is 1.90 bits per heavy atom. The van der Waals surface area contributed by atoms with Gasteiger partial charge in [0.1, 0.15) is 11.5 Å². The molecule has 2 aromatic carbocycles. The smallest absolute Gasteiger partial charge is 0.191 e. The van der Waals surface area contributed by atoms with Crippen LogP contribution in [0.2, 0.25) is 0 Å². The first-order valence-corrected chi connectivity index (χ1v) is 9.99. The number of hydrogen-bond donors (Lipinski definition) is 0. The molecule has 1 fully saturated rings. The average Bonchev–Trinajstić information content (AvgIpc) is 3.38. The van der Waals surface area contributed by atoms with Crippen LogP contribution in [0.4, 0.5) is 0 Å². The van der Waals surface area contributed by atoms with Gasteiger partial charge in [0, 0.05) is 26.7 Å². The Hall–Kier alpha value is -3.72. The number of rotatable bonds is 5. The molecule has 0 N–H and O–H groups in total. The third-order valence-corrected chi connectivity index (χ3v) is 6.21. The summed E-state index contributed by atoms with van der Waals surface area (Å²) < 4.78 is 3.75. The molecule has 1 aliphatic carbocycles. The number of imidazole rings is 1. The first kappa shape index (κ1) is 18.3. The number of ketones is 1. The highest BCUT2D eigenvalue weighted by Crippen LogP contribution is 2.50. The van der Waals surface area contributed by atoms with E-state index in [1.807, 2.05) is 31.3 Å². The van der Waals surface area contributed by atoms with Crippen LogP contribution in [0.15, 0.2) is 54.7 Å². The number of nitrogens with zero attached hydrogens (tertiary/aromatic N) is 5. The van der Waals surface area contributed by atoms with Crippen LogP contribution in [0.1, 0.15) is 45.8 Å². The molecular weight excluding hydrogens is 374 g/mol. The van der Waals surface area contributed by atoms with Gasteiger partial charge in [-0.2, -0.15) is 10.4 Å². The van der Waals surface area contributed by atoms with Gasteiger partial charge in [0.05, 0.1) is 28.1 Å². The average molecular weight is 395 g/mol. The van der Waals surface area contributed by atoms with Crippen molar-refractivity contribution in [2.75, 3.05) is 0 Å². The molecule has 0 aliphatic heterocycles. The number of aromatic nitrogens is 4. The Labute approximate surface area is 174 Å². The van der Waals surface area contributed by atoms with Gasteiger partial charge in [-0.3, -0.25) is 9.48 Å². The van der Waals surface area contributed by atoms with Crippen molar-refractivity contribution in [1.29, 1.82) is 5.26 Å². The van der Waals surface area contributed by atoms with Crippen molar-refractivity contribution >= 4 is 16.8 Å². The Balaban J connectivity index is 1.48. The highest BCUT2D eigenvalue weighted by atomic mass is 16.1. The molecule has 0 unspecified atom stereocenters. The first-order valence-electron chi connectivity index (χ1n) is 9.99. The van der Waals surface area contributed by atoms with E-state index in [9.17, 15) is 4.79 Å². The molecule has 0 atom stereocenters. The second-order valence-electron chi connectivity index (χ2n) is 8.03. The fourth-order valence-electron chi connectivity index (χ4n) is 4.20. The second-order valence-corrected chi connectivity index (χ2v) is 8.03. The van der Waals surface area contributed by atoms with Gasteiger partial charge in [-0.25, -0.2) is 4.98 Å². The zero-order valence-electron chi connectivity index (χ0n) is 17.0. The van der Waals surface area contributed by atoms with Gasteiger partial charge in [-0.1, -0.05) is 18.2 Å². The van der Waals surface area contributed by atoms with Crippen LogP contribution in [0.3, 0.4) is 0 Å². The summed E-state index contributed by atoms with van der Waals surface area (Å²) in [5.74, 6) is 1.09. The molecule has 148 valence electrons. The minimum absolute atomic E-state index is 0.135. The van der Waals surface area contributed by atoms with Gasteiger partial charge in [0.2, 0.25) is 0 Å². The molecule has 30 heavy (non-hydrogen) atoms. The number of Topliss-reactive ketones (excluding diaryl/α,β-unsaturated/α-hetero) is 1. The molecule has 0 amide bonds. The Morgan fingerprint density at radius 1 is 1.13 bits per heavy atom. The number of benzene rings is 2. The fourth-order valence-corrected chi connectivity index (χ4v) is 4.20. The highest BCUT2D eigenvalue weighted by molar-refractivity contribution is 6.05. The van der Waals surface area contributed by atoms with Crippen LogP contribution in [0.25, 0.3) is 11.0 Å². The minimum atomic E-state index is -0.452. The summed E-state index contributed by atoms with van der Waals surface area (Å²) in [7, 11) is 3.82. The van der Waals surface area contributed by atoms with Gasteiger partial charge in [-0.05, 0) is 54.3 Å². The lowest BCUT2D eigenvalue weighted by atomic mass is 9.89. The van der Waals surface area contributed by atoms with E-state index in [-0.39, 0.29) is 5.78 Å². The third kappa shape index (κ3) is 2.82. The van der Waals surface area contributed by atoms with E-state index in [2.05, 4.69) is 33.9 Å². The minimum Gasteiger partial charge on any atom is -0.331 e. The SMILES string of the molecule is Cn1nccc1C(=O)C1(c2ccc3c(c2)nc(Cc2ccc(C#N)cc2)n3C)CC1. The van der Waals surface area contributed by atoms with E-state index in [0.717, 1.165) is 40.8 Å². The quantitative estimate of drug-likeness (QED) is 0.483. The lowest BCUT2D eigenvalue weighted by Gasteiger charge is -2.14. The van der Waals surface area contributed by atoms with E-state index < -0.39 is 5.41 Å². The predicted molar refractivity (Wildman–Crippen MR) is 113 cm³/mol. The van der Waals surface area contributed by atoms with Gasteiger partial charge >= 0.3 is 0 Å². The highest BCUT2D eigenvalue weighted by Gasteiger charge is 2.52. The maximum atomic E-state index is 13.2. The monoisotopic (exact) mass is 395 g/mol. The standard InChI is InChI=1S/C24H21N5O/c1-28-20-8-7-18(24(10-11-24)23(30)21-9-12-26-29(21)2)14-19(20)27-22(28)13-16-3-5-17(15-25)6-4-16/h3-9,12,14H,10-11,13H2,1-2H3. The topological polar surface area (TPSA) is 76.5 Å². The number of aryl methyl sites for hydroxylation is 2. The molecule has 0 spiro atoms. The van der Waals surface area contributed by atoms with E-state index >= 15 is 0 Å². The summed E-state index contributed by atoms with van der Waals surface area (Å²) in [5, 5.41) is 13.1. The molecule has 4 aromatic rings. The van der Waals surface area contributed by atoms with Crippen molar-refractivity contribution in [1.82, 2.24) is 19.3 Å². The normalized spacial score (nSPS) is 14.6. The zero-order chi connectivity index (χ0) is 20.9. The van der Waals surface area contributed by atoms with Gasteiger partial charge in [0.25, 0.3) is 0 Å². The fraction of sp³-hybridized carbons (Fsp3) is 0.250. The molecule has 0 radical (unpaired) electrons.